The predicted octanol–water partition coefficient (Wildman–Crippen LogP) is 4.99. The van der Waals surface area contributed by atoms with Crippen LogP contribution in [0.1, 0.15) is 49.1 Å². The second-order valence-corrected chi connectivity index (χ2v) is 6.85. The lowest BCUT2D eigenvalue weighted by Gasteiger charge is -2.20. The van der Waals surface area contributed by atoms with Crippen molar-refractivity contribution >= 4 is 11.6 Å². The third-order valence-electron chi connectivity index (χ3n) is 3.56. The molecule has 20 heavy (non-hydrogen) atoms. The fourth-order valence-corrected chi connectivity index (χ4v) is 2.63. The maximum atomic E-state index is 6.35. The lowest BCUT2D eigenvalue weighted by atomic mass is 9.86. The Balaban J connectivity index is 2.31. The topological polar surface area (TPSA) is 26.0 Å². The molecule has 0 saturated heterocycles. The molecule has 0 aliphatic carbocycles. The van der Waals surface area contributed by atoms with Crippen LogP contribution < -0.4 is 5.73 Å². The summed E-state index contributed by atoms with van der Waals surface area (Å²) in [5.41, 5.74) is 11.1. The summed E-state index contributed by atoms with van der Waals surface area (Å²) >= 11 is 6.11. The Bertz CT molecular complexity index is 574. The minimum absolute atomic E-state index is 0.138. The molecule has 0 heterocycles. The first kappa shape index (κ1) is 15.1. The minimum Gasteiger partial charge on any atom is -0.320 e. The van der Waals surface area contributed by atoms with Gasteiger partial charge in [0.15, 0.2) is 0 Å². The van der Waals surface area contributed by atoms with Gasteiger partial charge in [-0.1, -0.05) is 62.7 Å². The summed E-state index contributed by atoms with van der Waals surface area (Å²) in [5, 5.41) is 0.738. The Labute approximate surface area is 126 Å². The van der Waals surface area contributed by atoms with Gasteiger partial charge in [0.05, 0.1) is 6.04 Å². The standard InChI is InChI=1S/C18H22ClN/c1-12-9-14(11-16(19)10-12)17(20)13-5-7-15(8-6-13)18(2,3)4/h5-11,17H,20H2,1-4H3. The fraction of sp³-hybridized carbons (Fsp3) is 0.333. The summed E-state index contributed by atoms with van der Waals surface area (Å²) in [4.78, 5) is 0. The SMILES string of the molecule is Cc1cc(Cl)cc(C(N)c2ccc(C(C)(C)C)cc2)c1. The number of hydrogen-bond acceptors (Lipinski definition) is 1. The molecule has 2 rings (SSSR count). The first-order valence-corrected chi connectivity index (χ1v) is 7.28. The van der Waals surface area contributed by atoms with Crippen molar-refractivity contribution in [2.45, 2.75) is 39.2 Å². The molecule has 2 heteroatoms. The second-order valence-electron chi connectivity index (χ2n) is 6.41. The maximum Gasteiger partial charge on any atom is 0.0552 e. The van der Waals surface area contributed by atoms with E-state index in [9.17, 15) is 0 Å². The molecule has 0 spiro atoms. The first-order valence-electron chi connectivity index (χ1n) is 6.90. The molecule has 0 fully saturated rings. The number of aryl methyl sites for hydroxylation is 1. The quantitative estimate of drug-likeness (QED) is 0.827. The molecule has 0 radical (unpaired) electrons. The molecule has 0 saturated carbocycles. The highest BCUT2D eigenvalue weighted by atomic mass is 35.5. The molecule has 0 aromatic heterocycles. The number of hydrogen-bond donors (Lipinski definition) is 1. The van der Waals surface area contributed by atoms with Crippen molar-refractivity contribution in [2.24, 2.45) is 5.73 Å². The normalized spacial score (nSPS) is 13.3. The largest absolute Gasteiger partial charge is 0.320 e. The van der Waals surface area contributed by atoms with E-state index in [4.69, 9.17) is 17.3 Å². The van der Waals surface area contributed by atoms with Crippen molar-refractivity contribution < 1.29 is 0 Å². The van der Waals surface area contributed by atoms with Crippen LogP contribution in [0.2, 0.25) is 5.02 Å². The summed E-state index contributed by atoms with van der Waals surface area (Å²) in [6, 6.07) is 14.4. The summed E-state index contributed by atoms with van der Waals surface area (Å²) in [6.45, 7) is 8.66. The van der Waals surface area contributed by atoms with Crippen molar-refractivity contribution in [1.29, 1.82) is 0 Å². The molecule has 0 aliphatic heterocycles. The molecule has 0 aliphatic rings. The molecule has 1 atom stereocenters. The fourth-order valence-electron chi connectivity index (χ4n) is 2.33. The van der Waals surface area contributed by atoms with Gasteiger partial charge in [0.25, 0.3) is 0 Å². The highest BCUT2D eigenvalue weighted by Crippen LogP contribution is 2.27. The van der Waals surface area contributed by atoms with Crippen molar-refractivity contribution in [3.63, 3.8) is 0 Å². The number of halogens is 1. The number of benzene rings is 2. The smallest absolute Gasteiger partial charge is 0.0552 e. The van der Waals surface area contributed by atoms with Crippen LogP contribution in [0.4, 0.5) is 0 Å². The van der Waals surface area contributed by atoms with Crippen LogP contribution in [-0.4, -0.2) is 0 Å². The van der Waals surface area contributed by atoms with Crippen molar-refractivity contribution in [3.05, 3.63) is 69.7 Å². The molecule has 2 aromatic rings. The average molecular weight is 288 g/mol. The third kappa shape index (κ3) is 3.41. The minimum atomic E-state index is -0.138. The van der Waals surface area contributed by atoms with Gasteiger partial charge in [0.2, 0.25) is 0 Å². The van der Waals surface area contributed by atoms with Gasteiger partial charge in [-0.25, -0.2) is 0 Å². The van der Waals surface area contributed by atoms with Crippen LogP contribution in [-0.2, 0) is 5.41 Å². The number of rotatable bonds is 2. The zero-order valence-corrected chi connectivity index (χ0v) is 13.3. The lowest BCUT2D eigenvalue weighted by molar-refractivity contribution is 0.589. The van der Waals surface area contributed by atoms with Gasteiger partial charge in [-0.2, -0.15) is 0 Å². The zero-order chi connectivity index (χ0) is 14.9. The van der Waals surface area contributed by atoms with E-state index in [0.717, 1.165) is 21.7 Å². The average Bonchev–Trinajstić information content (AvgIpc) is 2.36. The van der Waals surface area contributed by atoms with Crippen LogP contribution in [0.25, 0.3) is 0 Å². The molecular weight excluding hydrogens is 266 g/mol. The first-order chi connectivity index (χ1) is 9.27. The number of nitrogens with two attached hydrogens (primary N) is 1. The molecule has 2 aromatic carbocycles. The van der Waals surface area contributed by atoms with Gasteiger partial charge < -0.3 is 5.73 Å². The maximum absolute atomic E-state index is 6.35. The third-order valence-corrected chi connectivity index (χ3v) is 3.78. The van der Waals surface area contributed by atoms with Gasteiger partial charge in [0, 0.05) is 5.02 Å². The van der Waals surface area contributed by atoms with Crippen LogP contribution >= 0.6 is 11.6 Å². The molecular formula is C18H22ClN. The van der Waals surface area contributed by atoms with Gasteiger partial charge in [-0.3, -0.25) is 0 Å². The molecule has 0 bridgehead atoms. The summed E-state index contributed by atoms with van der Waals surface area (Å²) in [7, 11) is 0. The Morgan fingerprint density at radius 2 is 1.55 bits per heavy atom. The summed E-state index contributed by atoms with van der Waals surface area (Å²) < 4.78 is 0. The summed E-state index contributed by atoms with van der Waals surface area (Å²) in [6.07, 6.45) is 0. The van der Waals surface area contributed by atoms with Crippen LogP contribution in [0.5, 0.6) is 0 Å². The van der Waals surface area contributed by atoms with E-state index in [-0.39, 0.29) is 11.5 Å². The highest BCUT2D eigenvalue weighted by Gasteiger charge is 2.15. The van der Waals surface area contributed by atoms with Gasteiger partial charge >= 0.3 is 0 Å². The molecule has 0 amide bonds. The van der Waals surface area contributed by atoms with E-state index in [2.05, 4.69) is 51.1 Å². The van der Waals surface area contributed by atoms with E-state index < -0.39 is 0 Å². The molecule has 2 N–H and O–H groups in total. The monoisotopic (exact) mass is 287 g/mol. The van der Waals surface area contributed by atoms with E-state index in [1.807, 2.05) is 19.1 Å². The Hall–Kier alpha value is -1.31. The van der Waals surface area contributed by atoms with Crippen LogP contribution in [0.3, 0.4) is 0 Å². The predicted molar refractivity (Wildman–Crippen MR) is 87.4 cm³/mol. The van der Waals surface area contributed by atoms with Gasteiger partial charge in [-0.05, 0) is 46.7 Å². The van der Waals surface area contributed by atoms with Crippen molar-refractivity contribution in [2.75, 3.05) is 0 Å². The van der Waals surface area contributed by atoms with E-state index in [1.165, 1.54) is 5.56 Å². The van der Waals surface area contributed by atoms with E-state index in [0.29, 0.717) is 0 Å². The lowest BCUT2D eigenvalue weighted by Crippen LogP contribution is -2.14. The second kappa shape index (κ2) is 5.59. The van der Waals surface area contributed by atoms with Crippen LogP contribution in [0.15, 0.2) is 42.5 Å². The molecule has 1 unspecified atom stereocenters. The Morgan fingerprint density at radius 1 is 0.950 bits per heavy atom. The molecule has 1 nitrogen and oxygen atoms in total. The van der Waals surface area contributed by atoms with Gasteiger partial charge in [-0.15, -0.1) is 0 Å². The zero-order valence-electron chi connectivity index (χ0n) is 12.6. The Kier molecular flexibility index (Phi) is 4.22. The van der Waals surface area contributed by atoms with Gasteiger partial charge in [0.1, 0.15) is 0 Å². The van der Waals surface area contributed by atoms with E-state index >= 15 is 0 Å². The highest BCUT2D eigenvalue weighted by molar-refractivity contribution is 6.30. The van der Waals surface area contributed by atoms with Crippen LogP contribution in [0, 0.1) is 6.92 Å². The van der Waals surface area contributed by atoms with Crippen molar-refractivity contribution in [1.82, 2.24) is 0 Å². The Morgan fingerprint density at radius 3 is 2.05 bits per heavy atom. The van der Waals surface area contributed by atoms with Crippen molar-refractivity contribution in [3.8, 4) is 0 Å². The van der Waals surface area contributed by atoms with E-state index in [1.54, 1.807) is 0 Å². The summed E-state index contributed by atoms with van der Waals surface area (Å²) in [5.74, 6) is 0. The molecule has 106 valence electrons.